The molecule has 5 rings (SSSR count). The van der Waals surface area contributed by atoms with Crippen molar-refractivity contribution >= 4 is 16.9 Å². The van der Waals surface area contributed by atoms with E-state index in [1.165, 1.54) is 17.2 Å². The van der Waals surface area contributed by atoms with E-state index < -0.39 is 29.9 Å². The van der Waals surface area contributed by atoms with Crippen molar-refractivity contribution in [1.29, 1.82) is 0 Å². The van der Waals surface area contributed by atoms with Crippen LogP contribution < -0.4 is 0 Å². The molecule has 1 N–H and O–H groups in total. The third-order valence-electron chi connectivity index (χ3n) is 7.11. The Hall–Kier alpha value is -3.04. The molecule has 1 aliphatic carbocycles. The van der Waals surface area contributed by atoms with E-state index >= 15 is 0 Å². The molecule has 35 heavy (non-hydrogen) atoms. The monoisotopic (exact) mass is 492 g/mol. The number of halogens is 5. The second-order valence-corrected chi connectivity index (χ2v) is 9.73. The summed E-state index contributed by atoms with van der Waals surface area (Å²) in [6, 6.07) is 2.01. The quantitative estimate of drug-likeness (QED) is 0.469. The molecule has 3 aromatic heterocycles. The highest BCUT2D eigenvalue weighted by Crippen LogP contribution is 2.36. The first-order valence-electron chi connectivity index (χ1n) is 11.8. The van der Waals surface area contributed by atoms with Crippen LogP contribution >= 0.6 is 0 Å². The lowest BCUT2D eigenvalue weighted by Crippen LogP contribution is -2.33. The molecule has 186 valence electrons. The highest BCUT2D eigenvalue weighted by molar-refractivity contribution is 5.92. The molecule has 1 amide bonds. The number of H-pyrrole nitrogens is 1. The number of pyridine rings is 2. The van der Waals surface area contributed by atoms with Crippen molar-refractivity contribution < 1.29 is 26.7 Å². The average molecular weight is 492 g/mol. The Morgan fingerprint density at radius 3 is 2.71 bits per heavy atom. The second-order valence-electron chi connectivity index (χ2n) is 9.73. The van der Waals surface area contributed by atoms with Crippen LogP contribution in [0.3, 0.4) is 0 Å². The van der Waals surface area contributed by atoms with Gasteiger partial charge in [-0.3, -0.25) is 4.79 Å². The summed E-state index contributed by atoms with van der Waals surface area (Å²) < 4.78 is 70.0. The summed E-state index contributed by atoms with van der Waals surface area (Å²) in [4.78, 5) is 24.8. The lowest BCUT2D eigenvalue weighted by Gasteiger charge is -2.30. The first-order chi connectivity index (χ1) is 16.7. The SMILES string of the molecule is O=C(C[C@@H]1CCC[C@H](Cc2nc(-c3c[nH]c4ncc(F)cc34)c(F)cc2F)C1)N1CCC(F)(F)C1. The van der Waals surface area contributed by atoms with E-state index in [2.05, 4.69) is 15.0 Å². The largest absolute Gasteiger partial charge is 0.345 e. The number of carbonyl (C=O) groups is 1. The zero-order valence-electron chi connectivity index (χ0n) is 19.0. The fourth-order valence-corrected chi connectivity index (χ4v) is 5.38. The van der Waals surface area contributed by atoms with Crippen LogP contribution in [0, 0.1) is 29.3 Å². The van der Waals surface area contributed by atoms with Gasteiger partial charge < -0.3 is 9.88 Å². The Morgan fingerprint density at radius 1 is 1.14 bits per heavy atom. The minimum absolute atomic E-state index is 0.0288. The molecule has 1 aliphatic heterocycles. The Labute approximate surface area is 198 Å². The molecule has 0 aromatic carbocycles. The highest BCUT2D eigenvalue weighted by atomic mass is 19.3. The van der Waals surface area contributed by atoms with Gasteiger partial charge >= 0.3 is 0 Å². The van der Waals surface area contributed by atoms with Crippen LogP contribution in [-0.4, -0.2) is 44.8 Å². The molecule has 0 bridgehead atoms. The molecule has 0 spiro atoms. The van der Waals surface area contributed by atoms with Crippen LogP contribution in [0.1, 0.15) is 44.2 Å². The second kappa shape index (κ2) is 9.20. The van der Waals surface area contributed by atoms with E-state index in [9.17, 15) is 26.7 Å². The molecule has 4 heterocycles. The van der Waals surface area contributed by atoms with Gasteiger partial charge in [0.25, 0.3) is 5.92 Å². The predicted molar refractivity (Wildman–Crippen MR) is 119 cm³/mol. The van der Waals surface area contributed by atoms with Crippen LogP contribution in [0.15, 0.2) is 24.5 Å². The van der Waals surface area contributed by atoms with Gasteiger partial charge in [-0.2, -0.15) is 0 Å². The van der Waals surface area contributed by atoms with E-state index in [1.807, 2.05) is 0 Å². The van der Waals surface area contributed by atoms with Gasteiger partial charge in [0.2, 0.25) is 5.91 Å². The van der Waals surface area contributed by atoms with E-state index in [0.717, 1.165) is 31.5 Å². The summed E-state index contributed by atoms with van der Waals surface area (Å²) in [6.07, 6.45) is 5.77. The maximum absolute atomic E-state index is 14.7. The lowest BCUT2D eigenvalue weighted by atomic mass is 9.77. The Kier molecular flexibility index (Phi) is 6.23. The van der Waals surface area contributed by atoms with Gasteiger partial charge in [0, 0.05) is 42.6 Å². The number of nitrogens with zero attached hydrogens (tertiary/aromatic N) is 3. The summed E-state index contributed by atoms with van der Waals surface area (Å²) in [6.45, 7) is -0.453. The van der Waals surface area contributed by atoms with Crippen molar-refractivity contribution in [3.05, 3.63) is 47.7 Å². The van der Waals surface area contributed by atoms with Crippen molar-refractivity contribution in [2.24, 2.45) is 11.8 Å². The fourth-order valence-electron chi connectivity index (χ4n) is 5.38. The number of amides is 1. The lowest BCUT2D eigenvalue weighted by molar-refractivity contribution is -0.133. The minimum Gasteiger partial charge on any atom is -0.345 e. The molecule has 5 nitrogen and oxygen atoms in total. The average Bonchev–Trinajstić information content (AvgIpc) is 3.38. The van der Waals surface area contributed by atoms with Gasteiger partial charge in [-0.1, -0.05) is 12.8 Å². The molecule has 2 fully saturated rings. The number of carbonyl (C=O) groups excluding carboxylic acids is 1. The van der Waals surface area contributed by atoms with Crippen LogP contribution in [-0.2, 0) is 11.2 Å². The maximum atomic E-state index is 14.7. The number of fused-ring (bicyclic) bond motifs is 1. The van der Waals surface area contributed by atoms with E-state index in [-0.39, 0.29) is 54.9 Å². The van der Waals surface area contributed by atoms with Crippen molar-refractivity contribution in [3.63, 3.8) is 0 Å². The molecule has 2 atom stereocenters. The normalized spacial score (nSPS) is 22.1. The highest BCUT2D eigenvalue weighted by Gasteiger charge is 2.40. The van der Waals surface area contributed by atoms with Gasteiger partial charge in [-0.05, 0) is 37.2 Å². The number of nitrogens with one attached hydrogen (secondary N) is 1. The molecule has 0 unspecified atom stereocenters. The summed E-state index contributed by atoms with van der Waals surface area (Å²) >= 11 is 0. The molecule has 1 saturated carbocycles. The van der Waals surface area contributed by atoms with Crippen molar-refractivity contribution in [3.8, 4) is 11.3 Å². The number of hydrogen-bond acceptors (Lipinski definition) is 3. The van der Waals surface area contributed by atoms with E-state index in [1.54, 1.807) is 0 Å². The topological polar surface area (TPSA) is 61.9 Å². The van der Waals surface area contributed by atoms with Gasteiger partial charge in [-0.15, -0.1) is 0 Å². The van der Waals surface area contributed by atoms with Gasteiger partial charge in [0.05, 0.1) is 18.4 Å². The minimum atomic E-state index is -2.82. The zero-order chi connectivity index (χ0) is 24.7. The smallest absolute Gasteiger partial charge is 0.267 e. The fraction of sp³-hybridized carbons (Fsp3) is 0.480. The third-order valence-corrected chi connectivity index (χ3v) is 7.11. The summed E-state index contributed by atoms with van der Waals surface area (Å²) in [5, 5.41) is 0.345. The molecule has 2 aliphatic rings. The van der Waals surface area contributed by atoms with E-state index in [0.29, 0.717) is 23.0 Å². The number of aromatic amines is 1. The number of likely N-dealkylation sites (tertiary alicyclic amines) is 1. The number of aromatic nitrogens is 3. The molecular formula is C25H25F5N4O. The van der Waals surface area contributed by atoms with Crippen LogP contribution in [0.2, 0.25) is 0 Å². The Morgan fingerprint density at radius 2 is 1.94 bits per heavy atom. The van der Waals surface area contributed by atoms with Crippen molar-refractivity contribution in [1.82, 2.24) is 19.9 Å². The first kappa shape index (κ1) is 23.7. The molecular weight excluding hydrogens is 467 g/mol. The van der Waals surface area contributed by atoms with E-state index in [4.69, 9.17) is 0 Å². The first-order valence-corrected chi connectivity index (χ1v) is 11.8. The summed E-state index contributed by atoms with van der Waals surface area (Å²) in [5.74, 6) is -5.22. The number of rotatable bonds is 5. The molecule has 3 aromatic rings. The molecule has 0 radical (unpaired) electrons. The zero-order valence-corrected chi connectivity index (χ0v) is 19.0. The van der Waals surface area contributed by atoms with Crippen molar-refractivity contribution in [2.45, 2.75) is 50.9 Å². The van der Waals surface area contributed by atoms with Crippen LogP contribution in [0.4, 0.5) is 22.0 Å². The van der Waals surface area contributed by atoms with Gasteiger partial charge in [-0.25, -0.2) is 31.9 Å². The number of alkyl halides is 2. The Balaban J connectivity index is 1.31. The van der Waals surface area contributed by atoms with Crippen molar-refractivity contribution in [2.75, 3.05) is 13.1 Å². The van der Waals surface area contributed by atoms with Gasteiger partial charge in [0.15, 0.2) is 5.82 Å². The summed E-state index contributed by atoms with van der Waals surface area (Å²) in [5.41, 5.74) is 0.679. The predicted octanol–water partition coefficient (Wildman–Crippen LogP) is 5.65. The molecule has 10 heteroatoms. The Bertz CT molecular complexity index is 1260. The number of hydrogen-bond donors (Lipinski definition) is 1. The van der Waals surface area contributed by atoms with Crippen LogP contribution in [0.25, 0.3) is 22.3 Å². The maximum Gasteiger partial charge on any atom is 0.267 e. The molecule has 1 saturated heterocycles. The summed E-state index contributed by atoms with van der Waals surface area (Å²) in [7, 11) is 0. The van der Waals surface area contributed by atoms with Gasteiger partial charge in [0.1, 0.15) is 23.0 Å². The third kappa shape index (κ3) is 5.01. The standard InChI is InChI=1S/C25H25F5N4O/c26-16-9-17-18(12-32-24(17)31-11-16)23-20(28)10-19(27)21(33-23)7-14-2-1-3-15(6-14)8-22(35)34-5-4-25(29,30)13-34/h9-12,14-15H,1-8,13H2,(H,31,32)/t14-,15+/m0/s1. The van der Waals surface area contributed by atoms with Crippen LogP contribution in [0.5, 0.6) is 0 Å².